The van der Waals surface area contributed by atoms with Gasteiger partial charge >= 0.3 is 0 Å². The Morgan fingerprint density at radius 2 is 1.60 bits per heavy atom. The first-order valence-electron chi connectivity index (χ1n) is 9.24. The second-order valence-corrected chi connectivity index (χ2v) is 6.66. The van der Waals surface area contributed by atoms with E-state index >= 15 is 0 Å². The van der Waals surface area contributed by atoms with Crippen LogP contribution in [0.2, 0.25) is 0 Å². The summed E-state index contributed by atoms with van der Waals surface area (Å²) in [4.78, 5) is 1.59. The zero-order chi connectivity index (χ0) is 17.5. The second kappa shape index (κ2) is 8.68. The third-order valence-electron chi connectivity index (χ3n) is 4.83. The van der Waals surface area contributed by atoms with Crippen LogP contribution in [0.1, 0.15) is 30.9 Å². The molecule has 3 rings (SSSR count). The lowest BCUT2D eigenvalue weighted by molar-refractivity contribution is -0.927. The number of ether oxygens (including phenoxy) is 1. The Kier molecular flexibility index (Phi) is 6.08. The molecule has 0 spiro atoms. The summed E-state index contributed by atoms with van der Waals surface area (Å²) in [6.07, 6.45) is 2.47. The van der Waals surface area contributed by atoms with Crippen LogP contribution in [-0.2, 0) is 13.1 Å². The number of benzene rings is 3. The largest absolute Gasteiger partial charge is 0.496 e. The minimum atomic E-state index is 0.986. The highest BCUT2D eigenvalue weighted by Crippen LogP contribution is 2.27. The monoisotopic (exact) mass is 334 g/mol. The Labute approximate surface area is 151 Å². The summed E-state index contributed by atoms with van der Waals surface area (Å²) in [5, 5.41) is 2.59. The smallest absolute Gasteiger partial charge is 0.128 e. The molecule has 0 aliphatic heterocycles. The summed E-state index contributed by atoms with van der Waals surface area (Å²) in [6, 6.07) is 23.7. The van der Waals surface area contributed by atoms with Crippen molar-refractivity contribution in [3.63, 3.8) is 0 Å². The van der Waals surface area contributed by atoms with Gasteiger partial charge in [-0.1, -0.05) is 74.0 Å². The van der Waals surface area contributed by atoms with Crippen LogP contribution in [0.15, 0.2) is 66.7 Å². The fourth-order valence-electron chi connectivity index (χ4n) is 3.49. The van der Waals surface area contributed by atoms with Gasteiger partial charge in [-0.05, 0) is 23.3 Å². The lowest BCUT2D eigenvalue weighted by atomic mass is 10.0. The first-order valence-corrected chi connectivity index (χ1v) is 9.24. The molecule has 1 N–H and O–H groups in total. The van der Waals surface area contributed by atoms with Crippen LogP contribution in [0.4, 0.5) is 0 Å². The predicted octanol–water partition coefficient (Wildman–Crippen LogP) is 4.23. The van der Waals surface area contributed by atoms with E-state index in [9.17, 15) is 0 Å². The number of methoxy groups -OCH3 is 1. The van der Waals surface area contributed by atoms with Crippen molar-refractivity contribution in [2.24, 2.45) is 0 Å². The molecule has 0 saturated heterocycles. The van der Waals surface area contributed by atoms with E-state index in [1.807, 2.05) is 0 Å². The molecular formula is C23H28NO+. The molecule has 0 aliphatic rings. The van der Waals surface area contributed by atoms with Crippen LogP contribution in [-0.4, -0.2) is 13.7 Å². The zero-order valence-electron chi connectivity index (χ0n) is 15.3. The Hall–Kier alpha value is -2.32. The van der Waals surface area contributed by atoms with Crippen molar-refractivity contribution in [2.45, 2.75) is 32.9 Å². The lowest BCUT2D eigenvalue weighted by Crippen LogP contribution is -3.09. The average Bonchev–Trinajstić information content (AvgIpc) is 2.67. The maximum Gasteiger partial charge on any atom is 0.128 e. The minimum absolute atomic E-state index is 0.986. The zero-order valence-corrected chi connectivity index (χ0v) is 15.3. The van der Waals surface area contributed by atoms with E-state index in [0.717, 1.165) is 18.8 Å². The van der Waals surface area contributed by atoms with E-state index < -0.39 is 0 Å². The third kappa shape index (κ3) is 4.40. The first kappa shape index (κ1) is 17.5. The maximum atomic E-state index is 5.70. The van der Waals surface area contributed by atoms with Crippen molar-refractivity contribution in [1.82, 2.24) is 0 Å². The van der Waals surface area contributed by atoms with Crippen LogP contribution in [0.5, 0.6) is 5.75 Å². The SMILES string of the molecule is CCCC[NH+](Cc1ccccc1)Cc1c(OC)ccc2ccccc12. The van der Waals surface area contributed by atoms with Crippen LogP contribution in [0.25, 0.3) is 10.8 Å². The number of hydrogen-bond donors (Lipinski definition) is 1. The van der Waals surface area contributed by atoms with Crippen molar-refractivity contribution in [2.75, 3.05) is 13.7 Å². The number of hydrogen-bond acceptors (Lipinski definition) is 1. The van der Waals surface area contributed by atoms with E-state index in [1.165, 1.54) is 41.3 Å². The molecule has 0 radical (unpaired) electrons. The molecule has 1 unspecified atom stereocenters. The summed E-state index contributed by atoms with van der Waals surface area (Å²) >= 11 is 0. The predicted molar refractivity (Wildman–Crippen MR) is 105 cm³/mol. The number of unbranched alkanes of at least 4 members (excludes halogenated alkanes) is 1. The van der Waals surface area contributed by atoms with Gasteiger partial charge < -0.3 is 9.64 Å². The maximum absolute atomic E-state index is 5.70. The molecule has 3 aromatic carbocycles. The van der Waals surface area contributed by atoms with Crippen molar-refractivity contribution in [3.05, 3.63) is 77.9 Å². The number of quaternary nitrogens is 1. The van der Waals surface area contributed by atoms with E-state index in [2.05, 4.69) is 73.7 Å². The molecule has 0 fully saturated rings. The Bertz CT molecular complexity index is 798. The summed E-state index contributed by atoms with van der Waals surface area (Å²) < 4.78 is 5.70. The van der Waals surface area contributed by atoms with Gasteiger partial charge in [-0.3, -0.25) is 0 Å². The van der Waals surface area contributed by atoms with Crippen molar-refractivity contribution in [3.8, 4) is 5.75 Å². The average molecular weight is 334 g/mol. The van der Waals surface area contributed by atoms with E-state index in [0.29, 0.717) is 0 Å². The molecule has 1 atom stereocenters. The van der Waals surface area contributed by atoms with Crippen molar-refractivity contribution in [1.29, 1.82) is 0 Å². The Morgan fingerprint density at radius 1 is 0.840 bits per heavy atom. The fraction of sp³-hybridized carbons (Fsp3) is 0.304. The van der Waals surface area contributed by atoms with Crippen molar-refractivity contribution < 1.29 is 9.64 Å². The van der Waals surface area contributed by atoms with Gasteiger partial charge in [0.2, 0.25) is 0 Å². The van der Waals surface area contributed by atoms with Crippen molar-refractivity contribution >= 4 is 10.8 Å². The molecule has 25 heavy (non-hydrogen) atoms. The molecule has 2 nitrogen and oxygen atoms in total. The van der Waals surface area contributed by atoms with Crippen LogP contribution in [0, 0.1) is 0 Å². The van der Waals surface area contributed by atoms with Crippen LogP contribution >= 0.6 is 0 Å². The first-order chi connectivity index (χ1) is 12.3. The highest BCUT2D eigenvalue weighted by atomic mass is 16.5. The van der Waals surface area contributed by atoms with Gasteiger partial charge in [-0.25, -0.2) is 0 Å². The van der Waals surface area contributed by atoms with E-state index in [1.54, 1.807) is 12.0 Å². The quantitative estimate of drug-likeness (QED) is 0.651. The van der Waals surface area contributed by atoms with Gasteiger partial charge in [0.05, 0.1) is 19.2 Å². The van der Waals surface area contributed by atoms with Gasteiger partial charge in [0.1, 0.15) is 18.8 Å². The van der Waals surface area contributed by atoms with Gasteiger partial charge in [0.15, 0.2) is 0 Å². The normalized spacial score (nSPS) is 12.2. The molecule has 3 aromatic rings. The standard InChI is InChI=1S/C23H27NO/c1-3-4-16-24(17-19-10-6-5-7-11-19)18-22-21-13-9-8-12-20(21)14-15-23(22)25-2/h5-15H,3-4,16-18H2,1-2H3/p+1. The molecular weight excluding hydrogens is 306 g/mol. The summed E-state index contributed by atoms with van der Waals surface area (Å²) in [7, 11) is 1.77. The van der Waals surface area contributed by atoms with E-state index in [-0.39, 0.29) is 0 Å². The number of nitrogens with one attached hydrogen (secondary N) is 1. The Morgan fingerprint density at radius 3 is 2.36 bits per heavy atom. The molecule has 0 bridgehead atoms. The van der Waals surface area contributed by atoms with Gasteiger partial charge in [0.25, 0.3) is 0 Å². The van der Waals surface area contributed by atoms with Crippen LogP contribution < -0.4 is 9.64 Å². The number of fused-ring (bicyclic) bond motifs is 1. The molecule has 0 amide bonds. The van der Waals surface area contributed by atoms with E-state index in [4.69, 9.17) is 4.74 Å². The minimum Gasteiger partial charge on any atom is -0.496 e. The summed E-state index contributed by atoms with van der Waals surface area (Å²) in [5.41, 5.74) is 2.72. The van der Waals surface area contributed by atoms with Crippen LogP contribution in [0.3, 0.4) is 0 Å². The Balaban J connectivity index is 1.91. The number of rotatable bonds is 8. The molecule has 0 saturated carbocycles. The second-order valence-electron chi connectivity index (χ2n) is 6.66. The highest BCUT2D eigenvalue weighted by Gasteiger charge is 2.16. The molecule has 130 valence electrons. The van der Waals surface area contributed by atoms with Gasteiger partial charge in [-0.15, -0.1) is 0 Å². The summed E-state index contributed by atoms with van der Waals surface area (Å²) in [5.74, 6) is 1.00. The molecule has 0 aliphatic carbocycles. The molecule has 2 heteroatoms. The molecule has 0 heterocycles. The third-order valence-corrected chi connectivity index (χ3v) is 4.83. The summed E-state index contributed by atoms with van der Waals surface area (Å²) in [6.45, 7) is 5.48. The highest BCUT2D eigenvalue weighted by molar-refractivity contribution is 5.87. The molecule has 0 aromatic heterocycles. The lowest BCUT2D eigenvalue weighted by Gasteiger charge is -2.22. The van der Waals surface area contributed by atoms with Gasteiger partial charge in [-0.2, -0.15) is 0 Å². The van der Waals surface area contributed by atoms with Gasteiger partial charge in [0, 0.05) is 5.56 Å². The topological polar surface area (TPSA) is 13.7 Å². The fourth-order valence-corrected chi connectivity index (χ4v) is 3.49.